The van der Waals surface area contributed by atoms with Crippen LogP contribution in [-0.4, -0.2) is 42.2 Å². The molecule has 1 aliphatic carbocycles. The van der Waals surface area contributed by atoms with Crippen molar-refractivity contribution in [1.29, 1.82) is 0 Å². The van der Waals surface area contributed by atoms with Crippen LogP contribution < -0.4 is 0 Å². The summed E-state index contributed by atoms with van der Waals surface area (Å²) in [6.45, 7) is 1.44. The van der Waals surface area contributed by atoms with E-state index in [0.29, 0.717) is 29.0 Å². The predicted octanol–water partition coefficient (Wildman–Crippen LogP) is 1.03. The van der Waals surface area contributed by atoms with E-state index in [-0.39, 0.29) is 0 Å². The molecule has 1 aliphatic heterocycles. The van der Waals surface area contributed by atoms with Crippen molar-refractivity contribution in [2.24, 2.45) is 0 Å². The molecular weight excluding hydrogens is 322 g/mol. The van der Waals surface area contributed by atoms with Gasteiger partial charge in [0.2, 0.25) is 0 Å². The molecule has 0 radical (unpaired) electrons. The molecule has 4 rings (SSSR count). The van der Waals surface area contributed by atoms with E-state index >= 15 is 0 Å². The Morgan fingerprint density at radius 2 is 1.47 bits per heavy atom. The van der Waals surface area contributed by atoms with Crippen LogP contribution in [0.3, 0.4) is 0 Å². The Hall–Kier alpha value is -0.0810. The zero-order valence-corrected chi connectivity index (χ0v) is 11.3. The van der Waals surface area contributed by atoms with Crippen molar-refractivity contribution in [3.8, 4) is 8.87 Å². The Balaban J connectivity index is 2.09. The molecule has 0 aromatic carbocycles. The Morgan fingerprint density at radius 3 is 2.00 bits per heavy atom. The molecule has 76 valence electrons. The van der Waals surface area contributed by atoms with E-state index < -0.39 is 5.79 Å². The van der Waals surface area contributed by atoms with Crippen LogP contribution in [0.15, 0.2) is 22.0 Å². The van der Waals surface area contributed by atoms with Crippen LogP contribution in [-0.2, 0) is 15.3 Å². The summed E-state index contributed by atoms with van der Waals surface area (Å²) in [6.07, 6.45) is 0. The molecule has 0 saturated carbocycles. The summed E-state index contributed by atoms with van der Waals surface area (Å²) in [4.78, 5) is 4.56. The van der Waals surface area contributed by atoms with Crippen LogP contribution in [0.25, 0.3) is 8.87 Å². The Bertz CT molecular complexity index is 478. The average molecular weight is 330 g/mol. The van der Waals surface area contributed by atoms with E-state index in [2.05, 4.69) is 22.0 Å². The summed E-state index contributed by atoms with van der Waals surface area (Å²) in [7, 11) is 0. The standard InChI is InChI=1S/C11H8O2Se2/c1-5-14-9-7(1)11(12-3-4-13-11)8-2-6-15-10(8)9/h1-2,5-6H,3-4H2. The van der Waals surface area contributed by atoms with E-state index in [1.165, 1.54) is 20.0 Å². The van der Waals surface area contributed by atoms with Crippen molar-refractivity contribution in [2.75, 3.05) is 13.2 Å². The van der Waals surface area contributed by atoms with Gasteiger partial charge in [-0.3, -0.25) is 0 Å². The minimum atomic E-state index is -0.492. The summed E-state index contributed by atoms with van der Waals surface area (Å²) in [5.41, 5.74) is 2.60. The molecule has 0 amide bonds. The van der Waals surface area contributed by atoms with E-state index in [0.717, 1.165) is 13.2 Å². The quantitative estimate of drug-likeness (QED) is 0.672. The fourth-order valence-corrected chi connectivity index (χ4v) is 7.13. The molecule has 2 aromatic rings. The topological polar surface area (TPSA) is 18.5 Å². The van der Waals surface area contributed by atoms with Crippen LogP contribution >= 0.6 is 0 Å². The van der Waals surface area contributed by atoms with Crippen LogP contribution in [0.1, 0.15) is 11.1 Å². The normalized spacial score (nSPS) is 20.8. The van der Waals surface area contributed by atoms with E-state index in [9.17, 15) is 0 Å². The summed E-state index contributed by atoms with van der Waals surface area (Å²) < 4.78 is 14.9. The molecular formula is C11H8O2Se2. The van der Waals surface area contributed by atoms with Gasteiger partial charge in [0.25, 0.3) is 0 Å². The Kier molecular flexibility index (Phi) is 1.79. The Labute approximate surface area is 99.3 Å². The third-order valence-electron chi connectivity index (χ3n) is 2.94. The molecule has 15 heavy (non-hydrogen) atoms. The van der Waals surface area contributed by atoms with Crippen LogP contribution in [0.4, 0.5) is 0 Å². The molecule has 2 aliphatic rings. The van der Waals surface area contributed by atoms with Gasteiger partial charge in [-0.15, -0.1) is 0 Å². The third-order valence-corrected chi connectivity index (χ3v) is 7.51. The third kappa shape index (κ3) is 0.980. The summed E-state index contributed by atoms with van der Waals surface area (Å²) >= 11 is 1.00. The first-order chi connectivity index (χ1) is 7.42. The van der Waals surface area contributed by atoms with Crippen LogP contribution in [0, 0.1) is 0 Å². The summed E-state index contributed by atoms with van der Waals surface area (Å²) in [5.74, 6) is -0.492. The molecule has 0 bridgehead atoms. The number of hydrogen-bond acceptors (Lipinski definition) is 2. The molecule has 4 heteroatoms. The van der Waals surface area contributed by atoms with Gasteiger partial charge in [-0.1, -0.05) is 0 Å². The maximum atomic E-state index is 5.91. The second-order valence-corrected chi connectivity index (χ2v) is 7.48. The summed E-state index contributed by atoms with van der Waals surface area (Å²) in [6, 6.07) is 4.42. The van der Waals surface area contributed by atoms with Gasteiger partial charge in [0.1, 0.15) is 0 Å². The van der Waals surface area contributed by atoms with Crippen molar-refractivity contribution in [1.82, 2.24) is 0 Å². The fraction of sp³-hybridized carbons (Fsp3) is 0.273. The zero-order valence-electron chi connectivity index (χ0n) is 7.86. The average Bonchev–Trinajstić information content (AvgIpc) is 3.00. The van der Waals surface area contributed by atoms with Crippen LogP contribution in [0.2, 0.25) is 0 Å². The van der Waals surface area contributed by atoms with Gasteiger partial charge in [-0.05, 0) is 0 Å². The molecule has 0 atom stereocenters. The zero-order chi connectivity index (χ0) is 9.88. The van der Waals surface area contributed by atoms with Gasteiger partial charge < -0.3 is 0 Å². The van der Waals surface area contributed by atoms with Crippen molar-refractivity contribution in [2.45, 2.75) is 5.79 Å². The first kappa shape index (κ1) is 9.00. The molecule has 3 heterocycles. The second-order valence-electron chi connectivity index (χ2n) is 3.64. The predicted molar refractivity (Wildman–Crippen MR) is 58.4 cm³/mol. The molecule has 2 nitrogen and oxygen atoms in total. The van der Waals surface area contributed by atoms with Gasteiger partial charge in [-0.25, -0.2) is 0 Å². The molecule has 2 aromatic heterocycles. The minimum absolute atomic E-state index is 0.492. The maximum absolute atomic E-state index is 5.91. The molecule has 0 unspecified atom stereocenters. The first-order valence-corrected chi connectivity index (χ1v) is 8.55. The van der Waals surface area contributed by atoms with E-state index in [4.69, 9.17) is 9.47 Å². The van der Waals surface area contributed by atoms with Crippen molar-refractivity contribution >= 4 is 29.0 Å². The van der Waals surface area contributed by atoms with E-state index in [1.54, 1.807) is 0 Å². The number of fused-ring (bicyclic) bond motifs is 5. The van der Waals surface area contributed by atoms with Gasteiger partial charge in [-0.2, -0.15) is 0 Å². The Morgan fingerprint density at radius 1 is 0.933 bits per heavy atom. The van der Waals surface area contributed by atoms with E-state index in [1.807, 2.05) is 0 Å². The molecule has 0 N–H and O–H groups in total. The number of rotatable bonds is 0. The SMILES string of the molecule is c1cc2c([se]1)-c1[se]ccc1C21OCCO1. The van der Waals surface area contributed by atoms with Gasteiger partial charge in [0.05, 0.1) is 0 Å². The first-order valence-electron chi connectivity index (χ1n) is 4.86. The van der Waals surface area contributed by atoms with Gasteiger partial charge in [0, 0.05) is 0 Å². The van der Waals surface area contributed by atoms with Gasteiger partial charge in [0.15, 0.2) is 0 Å². The monoisotopic (exact) mass is 332 g/mol. The van der Waals surface area contributed by atoms with Gasteiger partial charge >= 0.3 is 99.5 Å². The molecule has 1 fully saturated rings. The van der Waals surface area contributed by atoms with Crippen molar-refractivity contribution in [3.05, 3.63) is 33.1 Å². The molecule has 1 spiro atoms. The van der Waals surface area contributed by atoms with Crippen molar-refractivity contribution < 1.29 is 9.47 Å². The molecule has 1 saturated heterocycles. The van der Waals surface area contributed by atoms with Crippen LogP contribution in [0.5, 0.6) is 0 Å². The number of ether oxygens (including phenoxy) is 2. The number of hydrogen-bond donors (Lipinski definition) is 0. The summed E-state index contributed by atoms with van der Waals surface area (Å²) in [5, 5.41) is 0. The second kappa shape index (κ2) is 2.98. The van der Waals surface area contributed by atoms with Crippen molar-refractivity contribution in [3.63, 3.8) is 0 Å². The fourth-order valence-electron chi connectivity index (χ4n) is 2.36.